The normalized spacial score (nSPS) is 11.3. The topological polar surface area (TPSA) is 87.0 Å². The third-order valence-electron chi connectivity index (χ3n) is 4.38. The Bertz CT molecular complexity index is 1110. The van der Waals surface area contributed by atoms with Crippen LogP contribution in [0.1, 0.15) is 5.56 Å². The van der Waals surface area contributed by atoms with E-state index in [4.69, 9.17) is 14.5 Å². The molecule has 0 fully saturated rings. The van der Waals surface area contributed by atoms with Crippen molar-refractivity contribution >= 4 is 30.6 Å². The molecule has 0 spiro atoms. The number of ether oxygens (including phenoxy) is 2. The van der Waals surface area contributed by atoms with E-state index in [9.17, 15) is 0 Å². The summed E-state index contributed by atoms with van der Waals surface area (Å²) in [7, 11) is 0. The fourth-order valence-electron chi connectivity index (χ4n) is 2.98. The van der Waals surface area contributed by atoms with Gasteiger partial charge in [0.05, 0.1) is 0 Å². The van der Waals surface area contributed by atoms with Gasteiger partial charge in [-0.3, -0.25) is 9.55 Å². The number of benzene rings is 1. The summed E-state index contributed by atoms with van der Waals surface area (Å²) < 4.78 is 12.6. The number of nitrogens with zero attached hydrogens (tertiary/aromatic N) is 5. The molecule has 0 amide bonds. The van der Waals surface area contributed by atoms with Crippen LogP contribution in [0.3, 0.4) is 0 Å². The second-order valence-electron chi connectivity index (χ2n) is 6.19. The van der Waals surface area contributed by atoms with E-state index in [-0.39, 0.29) is 31.6 Å². The zero-order chi connectivity index (χ0) is 18.8. The van der Waals surface area contributed by atoms with Crippen LogP contribution in [0.15, 0.2) is 67.6 Å². The van der Waals surface area contributed by atoms with Gasteiger partial charge in [0.15, 0.2) is 11.5 Å². The van der Waals surface area contributed by atoms with Crippen LogP contribution >= 0.6 is 24.8 Å². The molecule has 0 unspecified atom stereocenters. The van der Waals surface area contributed by atoms with Gasteiger partial charge in [0.1, 0.15) is 12.1 Å². The van der Waals surface area contributed by atoms with Gasteiger partial charge in [-0.2, -0.15) is 4.98 Å². The first-order valence-electron chi connectivity index (χ1n) is 8.75. The average molecular weight is 445 g/mol. The van der Waals surface area contributed by atoms with Crippen LogP contribution in [-0.4, -0.2) is 31.3 Å². The average Bonchev–Trinajstić information content (AvgIpc) is 3.44. The van der Waals surface area contributed by atoms with Gasteiger partial charge in [-0.05, 0) is 23.8 Å². The Morgan fingerprint density at radius 2 is 1.90 bits per heavy atom. The first-order chi connectivity index (χ1) is 13.9. The lowest BCUT2D eigenvalue weighted by Gasteiger charge is -2.13. The van der Waals surface area contributed by atoms with Crippen molar-refractivity contribution in [3.05, 3.63) is 73.2 Å². The highest BCUT2D eigenvalue weighted by molar-refractivity contribution is 5.85. The van der Waals surface area contributed by atoms with Crippen molar-refractivity contribution in [2.45, 2.75) is 6.54 Å². The van der Waals surface area contributed by atoms with Crippen molar-refractivity contribution in [2.24, 2.45) is 0 Å². The van der Waals surface area contributed by atoms with Crippen molar-refractivity contribution in [1.82, 2.24) is 24.5 Å². The molecule has 0 bridgehead atoms. The molecule has 1 N–H and O–H groups in total. The summed E-state index contributed by atoms with van der Waals surface area (Å²) in [6.45, 7) is 0.835. The van der Waals surface area contributed by atoms with Crippen LogP contribution in [0.5, 0.6) is 11.5 Å². The maximum atomic E-state index is 5.46. The van der Waals surface area contributed by atoms with E-state index >= 15 is 0 Å². The van der Waals surface area contributed by atoms with Crippen molar-refractivity contribution in [3.8, 4) is 28.6 Å². The van der Waals surface area contributed by atoms with E-state index in [1.807, 2.05) is 30.3 Å². The highest BCUT2D eigenvalue weighted by Crippen LogP contribution is 2.33. The number of anilines is 1. The van der Waals surface area contributed by atoms with Gasteiger partial charge in [0.25, 0.3) is 0 Å². The molecule has 154 valence electrons. The van der Waals surface area contributed by atoms with Crippen molar-refractivity contribution < 1.29 is 9.47 Å². The Morgan fingerprint density at radius 3 is 2.70 bits per heavy atom. The third-order valence-corrected chi connectivity index (χ3v) is 4.38. The van der Waals surface area contributed by atoms with Crippen LogP contribution in [0, 0.1) is 0 Å². The summed E-state index contributed by atoms with van der Waals surface area (Å²) >= 11 is 0. The second-order valence-corrected chi connectivity index (χ2v) is 6.19. The van der Waals surface area contributed by atoms with E-state index in [0.717, 1.165) is 28.2 Å². The molecule has 3 aromatic heterocycles. The Labute approximate surface area is 185 Å². The monoisotopic (exact) mass is 444 g/mol. The molecular formula is C20H18Cl2N6O2. The number of fused-ring (bicyclic) bond motifs is 1. The summed E-state index contributed by atoms with van der Waals surface area (Å²) in [5, 5.41) is 3.41. The molecule has 0 aliphatic carbocycles. The molecule has 1 aliphatic heterocycles. The van der Waals surface area contributed by atoms with Crippen LogP contribution in [0.2, 0.25) is 0 Å². The molecule has 10 heteroatoms. The summed E-state index contributed by atoms with van der Waals surface area (Å²) in [4.78, 5) is 17.4. The maximum absolute atomic E-state index is 5.46. The minimum absolute atomic E-state index is 0. The van der Waals surface area contributed by atoms with E-state index in [2.05, 4.69) is 20.3 Å². The van der Waals surface area contributed by atoms with Gasteiger partial charge in [0.2, 0.25) is 12.7 Å². The zero-order valence-corrected chi connectivity index (χ0v) is 17.3. The molecule has 5 rings (SSSR count). The number of nitrogens with one attached hydrogen (secondary N) is 1. The number of hydrogen-bond acceptors (Lipinski definition) is 7. The lowest BCUT2D eigenvalue weighted by molar-refractivity contribution is 0.174. The Kier molecular flexibility index (Phi) is 6.71. The molecule has 0 saturated heterocycles. The lowest BCUT2D eigenvalue weighted by atomic mass is 10.1. The predicted molar refractivity (Wildman–Crippen MR) is 117 cm³/mol. The predicted octanol–water partition coefficient (Wildman–Crippen LogP) is 3.91. The Morgan fingerprint density at radius 1 is 1.00 bits per heavy atom. The second kappa shape index (κ2) is 9.43. The largest absolute Gasteiger partial charge is 0.454 e. The summed E-state index contributed by atoms with van der Waals surface area (Å²) in [6.07, 6.45) is 10.5. The fourth-order valence-corrected chi connectivity index (χ4v) is 2.98. The molecule has 0 saturated carbocycles. The van der Waals surface area contributed by atoms with Gasteiger partial charge in [-0.1, -0.05) is 12.1 Å². The number of rotatable bonds is 5. The highest BCUT2D eigenvalue weighted by Gasteiger charge is 2.14. The van der Waals surface area contributed by atoms with Crippen molar-refractivity contribution in [1.29, 1.82) is 0 Å². The Balaban J connectivity index is 0.00000128. The smallest absolute Gasteiger partial charge is 0.236 e. The van der Waals surface area contributed by atoms with Crippen molar-refractivity contribution in [3.63, 3.8) is 0 Å². The molecule has 0 atom stereocenters. The number of pyridine rings is 1. The van der Waals surface area contributed by atoms with Crippen LogP contribution in [0.4, 0.5) is 5.82 Å². The standard InChI is InChI=1S/C20H16N6O2.2ClH/c1-2-15(10-21-5-1)16-11-24-20(26-7-6-22-12-26)25-19(16)23-9-14-3-4-17-18(8-14)28-13-27-17;;/h1-8,10-12H,9,13H2,(H,23,24,25);2*1H. The molecule has 0 radical (unpaired) electrons. The Hall–Kier alpha value is -3.36. The molecule has 4 aromatic rings. The molecule has 1 aliphatic rings. The highest BCUT2D eigenvalue weighted by atomic mass is 35.5. The van der Waals surface area contributed by atoms with Crippen molar-refractivity contribution in [2.75, 3.05) is 12.1 Å². The minimum atomic E-state index is 0. The van der Waals surface area contributed by atoms with Gasteiger partial charge >= 0.3 is 0 Å². The zero-order valence-electron chi connectivity index (χ0n) is 15.6. The first kappa shape index (κ1) is 21.4. The summed E-state index contributed by atoms with van der Waals surface area (Å²) in [6, 6.07) is 9.76. The first-order valence-corrected chi connectivity index (χ1v) is 8.75. The molecule has 4 heterocycles. The quantitative estimate of drug-likeness (QED) is 0.499. The van der Waals surface area contributed by atoms with E-state index in [1.54, 1.807) is 41.9 Å². The lowest BCUT2D eigenvalue weighted by Crippen LogP contribution is -2.07. The summed E-state index contributed by atoms with van der Waals surface area (Å²) in [5.41, 5.74) is 2.87. The van der Waals surface area contributed by atoms with Crippen LogP contribution in [0.25, 0.3) is 17.1 Å². The minimum Gasteiger partial charge on any atom is -0.454 e. The van der Waals surface area contributed by atoms with E-state index in [1.165, 1.54) is 0 Å². The molecule has 1 aromatic carbocycles. The van der Waals surface area contributed by atoms with Gasteiger partial charge in [0, 0.05) is 48.7 Å². The number of imidazole rings is 1. The fraction of sp³-hybridized carbons (Fsp3) is 0.100. The number of hydrogen-bond donors (Lipinski definition) is 1. The third kappa shape index (κ3) is 4.29. The molecular weight excluding hydrogens is 427 g/mol. The number of halogens is 2. The SMILES string of the molecule is Cl.Cl.c1cncc(-c2cnc(-n3ccnc3)nc2NCc2ccc3c(c2)OCO3)c1. The summed E-state index contributed by atoms with van der Waals surface area (Å²) in [5.74, 6) is 2.78. The van der Waals surface area contributed by atoms with Crippen LogP contribution in [-0.2, 0) is 6.54 Å². The van der Waals surface area contributed by atoms with E-state index in [0.29, 0.717) is 18.3 Å². The molecule has 30 heavy (non-hydrogen) atoms. The number of aromatic nitrogens is 5. The van der Waals surface area contributed by atoms with Crippen LogP contribution < -0.4 is 14.8 Å². The van der Waals surface area contributed by atoms with Gasteiger partial charge in [-0.15, -0.1) is 24.8 Å². The van der Waals surface area contributed by atoms with E-state index < -0.39 is 0 Å². The molecule has 8 nitrogen and oxygen atoms in total. The van der Waals surface area contributed by atoms with Gasteiger partial charge in [-0.25, -0.2) is 9.97 Å². The van der Waals surface area contributed by atoms with Gasteiger partial charge < -0.3 is 14.8 Å². The maximum Gasteiger partial charge on any atom is 0.236 e.